The van der Waals surface area contributed by atoms with Gasteiger partial charge in [0.1, 0.15) is 6.04 Å². The van der Waals surface area contributed by atoms with E-state index in [9.17, 15) is 14.7 Å². The van der Waals surface area contributed by atoms with Gasteiger partial charge in [-0.05, 0) is 29.2 Å². The van der Waals surface area contributed by atoms with Gasteiger partial charge in [0.2, 0.25) is 11.8 Å². The van der Waals surface area contributed by atoms with Gasteiger partial charge in [0.15, 0.2) is 0 Å². The van der Waals surface area contributed by atoms with Gasteiger partial charge >= 0.3 is 0 Å². The lowest BCUT2D eigenvalue weighted by atomic mass is 9.99. The molecule has 134 valence electrons. The van der Waals surface area contributed by atoms with Gasteiger partial charge in [0.25, 0.3) is 0 Å². The molecule has 5 heteroatoms. The number of nitrogens with zero attached hydrogens (tertiary/aromatic N) is 1. The van der Waals surface area contributed by atoms with Crippen LogP contribution in [0.5, 0.6) is 0 Å². The summed E-state index contributed by atoms with van der Waals surface area (Å²) in [5.74, 6) is -0.665. The Morgan fingerprint density at radius 2 is 1.77 bits per heavy atom. The molecule has 2 aromatic carbocycles. The second kappa shape index (κ2) is 8.45. The maximum Gasteiger partial charge on any atom is 0.247 e. The molecular weight excluding hydrogens is 328 g/mol. The Kier molecular flexibility index (Phi) is 5.81. The van der Waals surface area contributed by atoms with Crippen LogP contribution in [0.25, 0.3) is 6.08 Å². The molecular formula is C21H22N2O3. The molecule has 1 aliphatic heterocycles. The maximum atomic E-state index is 12.7. The lowest BCUT2D eigenvalue weighted by molar-refractivity contribution is -0.137. The topological polar surface area (TPSA) is 69.6 Å². The number of benzene rings is 2. The lowest BCUT2D eigenvalue weighted by Crippen LogP contribution is -2.51. The number of aliphatic hydroxyl groups is 1. The summed E-state index contributed by atoms with van der Waals surface area (Å²) in [6.07, 6.45) is 3.82. The minimum atomic E-state index is -0.937. The zero-order valence-corrected chi connectivity index (χ0v) is 14.5. The summed E-state index contributed by atoms with van der Waals surface area (Å²) >= 11 is 0. The molecule has 0 bridgehead atoms. The number of rotatable bonds is 5. The second-order valence-corrected chi connectivity index (χ2v) is 6.27. The third kappa shape index (κ3) is 4.37. The first-order chi connectivity index (χ1) is 12.7. The summed E-state index contributed by atoms with van der Waals surface area (Å²) in [6, 6.07) is 16.5. The van der Waals surface area contributed by atoms with Crippen LogP contribution in [0.15, 0.2) is 60.7 Å². The number of fused-ring (bicyclic) bond motifs is 1. The Labute approximate surface area is 153 Å². The van der Waals surface area contributed by atoms with Gasteiger partial charge < -0.3 is 15.3 Å². The number of nitrogens with one attached hydrogen (secondary N) is 1. The first-order valence-corrected chi connectivity index (χ1v) is 8.67. The van der Waals surface area contributed by atoms with Gasteiger partial charge in [0, 0.05) is 19.2 Å². The van der Waals surface area contributed by atoms with Crippen LogP contribution in [0.1, 0.15) is 16.7 Å². The van der Waals surface area contributed by atoms with Crippen LogP contribution < -0.4 is 5.32 Å². The van der Waals surface area contributed by atoms with Crippen molar-refractivity contribution < 1.29 is 14.7 Å². The van der Waals surface area contributed by atoms with Crippen LogP contribution in [-0.2, 0) is 22.6 Å². The van der Waals surface area contributed by atoms with Crippen molar-refractivity contribution >= 4 is 17.9 Å². The number of hydrogen-bond donors (Lipinski definition) is 2. The quantitative estimate of drug-likeness (QED) is 0.808. The molecule has 0 spiro atoms. The molecule has 3 rings (SSSR count). The Hall–Kier alpha value is -2.92. The largest absolute Gasteiger partial charge is 0.394 e. The Morgan fingerprint density at radius 3 is 2.50 bits per heavy atom. The summed E-state index contributed by atoms with van der Waals surface area (Å²) < 4.78 is 0. The zero-order valence-electron chi connectivity index (χ0n) is 14.5. The van der Waals surface area contributed by atoms with E-state index in [-0.39, 0.29) is 5.91 Å². The van der Waals surface area contributed by atoms with E-state index in [0.717, 1.165) is 17.5 Å². The smallest absolute Gasteiger partial charge is 0.247 e. The van der Waals surface area contributed by atoms with Crippen LogP contribution in [-0.4, -0.2) is 41.0 Å². The molecule has 2 aromatic rings. The average Bonchev–Trinajstić information content (AvgIpc) is 2.70. The predicted molar refractivity (Wildman–Crippen MR) is 100 cm³/mol. The third-order valence-corrected chi connectivity index (χ3v) is 4.47. The van der Waals surface area contributed by atoms with Gasteiger partial charge in [-0.1, -0.05) is 54.6 Å². The average molecular weight is 350 g/mol. The Morgan fingerprint density at radius 1 is 1.08 bits per heavy atom. The molecule has 1 atom stereocenters. The first kappa shape index (κ1) is 17.9. The van der Waals surface area contributed by atoms with Crippen molar-refractivity contribution in [3.05, 3.63) is 77.4 Å². The van der Waals surface area contributed by atoms with E-state index in [0.29, 0.717) is 13.1 Å². The molecule has 0 fully saturated rings. The van der Waals surface area contributed by atoms with Crippen LogP contribution in [0.3, 0.4) is 0 Å². The highest BCUT2D eigenvalue weighted by Crippen LogP contribution is 2.19. The fourth-order valence-electron chi connectivity index (χ4n) is 3.05. The Bertz CT molecular complexity index is 802. The highest BCUT2D eigenvalue weighted by atomic mass is 16.3. The molecule has 0 aliphatic carbocycles. The van der Waals surface area contributed by atoms with E-state index < -0.39 is 18.6 Å². The van der Waals surface area contributed by atoms with Crippen molar-refractivity contribution in [2.24, 2.45) is 0 Å². The SMILES string of the molecule is O=C(C=Cc1ccccc1)NC(CO)C(=O)N1CCc2ccccc2C1. The summed E-state index contributed by atoms with van der Waals surface area (Å²) in [4.78, 5) is 26.5. The van der Waals surface area contributed by atoms with Gasteiger partial charge in [-0.15, -0.1) is 0 Å². The monoisotopic (exact) mass is 350 g/mol. The molecule has 1 unspecified atom stereocenters. The maximum absolute atomic E-state index is 12.7. The van der Waals surface area contributed by atoms with Gasteiger partial charge in [-0.25, -0.2) is 0 Å². The van der Waals surface area contributed by atoms with Crippen LogP contribution in [0.2, 0.25) is 0 Å². The molecule has 0 radical (unpaired) electrons. The van der Waals surface area contributed by atoms with Gasteiger partial charge in [-0.3, -0.25) is 9.59 Å². The fourth-order valence-corrected chi connectivity index (χ4v) is 3.05. The second-order valence-electron chi connectivity index (χ2n) is 6.27. The molecule has 0 saturated carbocycles. The van der Waals surface area contributed by atoms with E-state index >= 15 is 0 Å². The number of carbonyl (C=O) groups is 2. The van der Waals surface area contributed by atoms with E-state index in [1.807, 2.05) is 48.5 Å². The van der Waals surface area contributed by atoms with Crippen LogP contribution in [0, 0.1) is 0 Å². The number of amides is 2. The molecule has 1 aliphatic rings. The molecule has 2 N–H and O–H groups in total. The van der Waals surface area contributed by atoms with E-state index in [1.54, 1.807) is 11.0 Å². The predicted octanol–water partition coefficient (Wildman–Crippen LogP) is 1.76. The molecule has 1 heterocycles. The number of hydrogen-bond acceptors (Lipinski definition) is 3. The third-order valence-electron chi connectivity index (χ3n) is 4.47. The van der Waals surface area contributed by atoms with Crippen LogP contribution >= 0.6 is 0 Å². The standard InChI is InChI=1S/C21H22N2O3/c24-15-19(22-20(25)11-10-16-6-2-1-3-7-16)21(26)23-13-12-17-8-4-5-9-18(17)14-23/h1-11,19,24H,12-15H2,(H,22,25). The van der Waals surface area contributed by atoms with Crippen molar-refractivity contribution in [3.8, 4) is 0 Å². The van der Waals surface area contributed by atoms with E-state index in [2.05, 4.69) is 11.4 Å². The molecule has 26 heavy (non-hydrogen) atoms. The van der Waals surface area contributed by atoms with E-state index in [4.69, 9.17) is 0 Å². The van der Waals surface area contributed by atoms with Gasteiger partial charge in [-0.2, -0.15) is 0 Å². The van der Waals surface area contributed by atoms with Crippen molar-refractivity contribution in [1.29, 1.82) is 0 Å². The summed E-state index contributed by atoms with van der Waals surface area (Å²) in [5.41, 5.74) is 3.24. The van der Waals surface area contributed by atoms with Crippen molar-refractivity contribution in [3.63, 3.8) is 0 Å². The van der Waals surface area contributed by atoms with Crippen LogP contribution in [0.4, 0.5) is 0 Å². The summed E-state index contributed by atoms with van der Waals surface area (Å²) in [7, 11) is 0. The molecule has 5 nitrogen and oxygen atoms in total. The first-order valence-electron chi connectivity index (χ1n) is 8.67. The van der Waals surface area contributed by atoms with Crippen molar-refractivity contribution in [2.75, 3.05) is 13.2 Å². The highest BCUT2D eigenvalue weighted by Gasteiger charge is 2.27. The summed E-state index contributed by atoms with van der Waals surface area (Å²) in [5, 5.41) is 12.2. The number of aliphatic hydroxyl groups excluding tert-OH is 1. The molecule has 0 saturated heterocycles. The molecule has 2 amide bonds. The van der Waals surface area contributed by atoms with E-state index in [1.165, 1.54) is 11.6 Å². The minimum Gasteiger partial charge on any atom is -0.394 e. The summed E-state index contributed by atoms with van der Waals surface area (Å²) in [6.45, 7) is 0.658. The Balaban J connectivity index is 1.61. The molecule has 0 aromatic heterocycles. The lowest BCUT2D eigenvalue weighted by Gasteiger charge is -2.31. The minimum absolute atomic E-state index is 0.261. The van der Waals surface area contributed by atoms with Crippen molar-refractivity contribution in [1.82, 2.24) is 10.2 Å². The zero-order chi connectivity index (χ0) is 18.4. The highest BCUT2D eigenvalue weighted by molar-refractivity contribution is 5.95. The fraction of sp³-hybridized carbons (Fsp3) is 0.238. The van der Waals surface area contributed by atoms with Gasteiger partial charge in [0.05, 0.1) is 6.61 Å². The van der Waals surface area contributed by atoms with Crippen molar-refractivity contribution in [2.45, 2.75) is 19.0 Å². The normalized spacial score (nSPS) is 14.7. The number of carbonyl (C=O) groups excluding carboxylic acids is 2.